The van der Waals surface area contributed by atoms with Gasteiger partial charge < -0.3 is 9.84 Å². The molecule has 0 spiro atoms. The number of nitrogens with one attached hydrogen (secondary N) is 1. The molecule has 0 saturated heterocycles. The molecule has 1 aromatic heterocycles. The smallest absolute Gasteiger partial charge is 0.277 e. The lowest BCUT2D eigenvalue weighted by molar-refractivity contribution is 0.101. The number of halogens is 1. The summed E-state index contributed by atoms with van der Waals surface area (Å²) in [5.74, 6) is 0.309. The summed E-state index contributed by atoms with van der Waals surface area (Å²) in [6, 6.07) is 6.19. The predicted octanol–water partition coefficient (Wildman–Crippen LogP) is 3.52. The second kappa shape index (κ2) is 5.88. The highest BCUT2D eigenvalue weighted by Gasteiger charge is 2.15. The maximum absolute atomic E-state index is 12.0. The number of benzene rings is 1. The summed E-state index contributed by atoms with van der Waals surface area (Å²) in [6.07, 6.45) is 0.647. The van der Waals surface area contributed by atoms with Crippen LogP contribution in [0.2, 0.25) is 5.02 Å². The monoisotopic (exact) mass is 292 g/mol. The molecule has 2 aromatic rings. The molecule has 6 heteroatoms. The van der Waals surface area contributed by atoms with Crippen LogP contribution in [0.4, 0.5) is 5.69 Å². The van der Waals surface area contributed by atoms with Crippen LogP contribution in [0.5, 0.6) is 0 Å². The molecule has 2 rings (SSSR count). The topological polar surface area (TPSA) is 72.2 Å². The number of rotatable bonds is 4. The Morgan fingerprint density at radius 3 is 2.75 bits per heavy atom. The van der Waals surface area contributed by atoms with E-state index in [1.807, 2.05) is 13.8 Å². The number of nitrogens with zero attached hydrogens (tertiary/aromatic N) is 1. The zero-order valence-corrected chi connectivity index (χ0v) is 11.8. The lowest BCUT2D eigenvalue weighted by Gasteiger charge is -2.06. The Balaban J connectivity index is 2.22. The molecule has 1 N–H and O–H groups in total. The van der Waals surface area contributed by atoms with Gasteiger partial charge >= 0.3 is 0 Å². The van der Waals surface area contributed by atoms with Gasteiger partial charge in [-0.25, -0.2) is 0 Å². The van der Waals surface area contributed by atoms with Crippen molar-refractivity contribution in [2.24, 2.45) is 0 Å². The highest BCUT2D eigenvalue weighted by molar-refractivity contribution is 6.31. The normalized spacial score (nSPS) is 10.6. The minimum Gasteiger partial charge on any atom is -0.360 e. The molecule has 0 saturated carbocycles. The third-order valence-corrected chi connectivity index (χ3v) is 2.96. The molecule has 5 nitrogen and oxygen atoms in total. The molecule has 0 aliphatic heterocycles. The summed E-state index contributed by atoms with van der Waals surface area (Å²) in [5.41, 5.74) is 0.840. The van der Waals surface area contributed by atoms with Crippen molar-refractivity contribution in [2.75, 3.05) is 5.32 Å². The van der Waals surface area contributed by atoms with Crippen molar-refractivity contribution in [1.82, 2.24) is 5.16 Å². The van der Waals surface area contributed by atoms with E-state index >= 15 is 0 Å². The fourth-order valence-corrected chi connectivity index (χ4v) is 1.77. The Morgan fingerprint density at radius 2 is 2.15 bits per heavy atom. The number of anilines is 1. The van der Waals surface area contributed by atoms with Gasteiger partial charge in [0.05, 0.1) is 5.69 Å². The van der Waals surface area contributed by atoms with Crippen LogP contribution in [0.25, 0.3) is 0 Å². The van der Waals surface area contributed by atoms with E-state index < -0.39 is 5.91 Å². The minimum atomic E-state index is -0.453. The van der Waals surface area contributed by atoms with Crippen LogP contribution in [0.3, 0.4) is 0 Å². The van der Waals surface area contributed by atoms with Gasteiger partial charge in [0, 0.05) is 22.6 Å². The van der Waals surface area contributed by atoms with E-state index in [0.717, 1.165) is 0 Å². The van der Waals surface area contributed by atoms with Gasteiger partial charge in [0.15, 0.2) is 12.0 Å². The highest BCUT2D eigenvalue weighted by atomic mass is 35.5. The highest BCUT2D eigenvalue weighted by Crippen LogP contribution is 2.21. The number of hydrogen-bond acceptors (Lipinski definition) is 4. The summed E-state index contributed by atoms with van der Waals surface area (Å²) < 4.78 is 5.06. The molecule has 1 heterocycles. The number of carbonyl (C=O) groups excluding carboxylic acids is 2. The van der Waals surface area contributed by atoms with E-state index in [0.29, 0.717) is 28.3 Å². The number of aromatic nitrogens is 1. The van der Waals surface area contributed by atoms with Crippen molar-refractivity contribution in [1.29, 1.82) is 0 Å². The van der Waals surface area contributed by atoms with Gasteiger partial charge in [-0.1, -0.05) is 30.6 Å². The standard InChI is InChI=1S/C14H13ClN2O3/c1-8(2)13-6-12(17-20-13)14(19)16-11-5-10(15)4-3-9(11)7-18/h3-8H,1-2H3,(H,16,19). The van der Waals surface area contributed by atoms with E-state index in [1.165, 1.54) is 12.1 Å². The lowest BCUT2D eigenvalue weighted by atomic mass is 10.1. The molecule has 20 heavy (non-hydrogen) atoms. The van der Waals surface area contributed by atoms with Crippen molar-refractivity contribution in [3.05, 3.63) is 46.3 Å². The lowest BCUT2D eigenvalue weighted by Crippen LogP contribution is -2.13. The maximum Gasteiger partial charge on any atom is 0.277 e. The molecule has 1 amide bonds. The Bertz CT molecular complexity index is 650. The second-order valence-electron chi connectivity index (χ2n) is 4.57. The molecule has 0 radical (unpaired) electrons. The van der Waals surface area contributed by atoms with Crippen LogP contribution in [-0.2, 0) is 0 Å². The predicted molar refractivity (Wildman–Crippen MR) is 75.4 cm³/mol. The first-order valence-electron chi connectivity index (χ1n) is 6.04. The number of aldehydes is 1. The number of hydrogen-bond donors (Lipinski definition) is 1. The average molecular weight is 293 g/mol. The first-order valence-corrected chi connectivity index (χ1v) is 6.41. The molecule has 0 fully saturated rings. The van der Waals surface area contributed by atoms with E-state index in [2.05, 4.69) is 10.5 Å². The number of amides is 1. The fourth-order valence-electron chi connectivity index (χ4n) is 1.59. The quantitative estimate of drug-likeness (QED) is 0.875. The zero-order chi connectivity index (χ0) is 14.7. The average Bonchev–Trinajstić information content (AvgIpc) is 2.89. The Hall–Kier alpha value is -2.14. The third kappa shape index (κ3) is 3.05. The van der Waals surface area contributed by atoms with Gasteiger partial charge in [0.1, 0.15) is 5.76 Å². The molecule has 0 bridgehead atoms. The summed E-state index contributed by atoms with van der Waals surface area (Å²) >= 11 is 5.85. The van der Waals surface area contributed by atoms with Gasteiger partial charge in [0.2, 0.25) is 0 Å². The fraction of sp³-hybridized carbons (Fsp3) is 0.214. The summed E-state index contributed by atoms with van der Waals surface area (Å²) in [4.78, 5) is 23.0. The first-order chi connectivity index (χ1) is 9.51. The SMILES string of the molecule is CC(C)c1cc(C(=O)Nc2cc(Cl)ccc2C=O)no1. The molecule has 0 aliphatic carbocycles. The third-order valence-electron chi connectivity index (χ3n) is 2.72. The molecule has 0 unspecified atom stereocenters. The Kier molecular flexibility index (Phi) is 4.20. The summed E-state index contributed by atoms with van der Waals surface area (Å²) in [7, 11) is 0. The van der Waals surface area contributed by atoms with E-state index in [9.17, 15) is 9.59 Å². The molecule has 104 valence electrons. The van der Waals surface area contributed by atoms with Gasteiger partial charge in [-0.15, -0.1) is 0 Å². The zero-order valence-electron chi connectivity index (χ0n) is 11.0. The van der Waals surface area contributed by atoms with Crippen molar-refractivity contribution >= 4 is 29.5 Å². The van der Waals surface area contributed by atoms with Gasteiger partial charge in [-0.3, -0.25) is 9.59 Å². The van der Waals surface area contributed by atoms with Crippen LogP contribution in [-0.4, -0.2) is 17.4 Å². The van der Waals surface area contributed by atoms with Crippen LogP contribution >= 0.6 is 11.6 Å². The summed E-state index contributed by atoms with van der Waals surface area (Å²) in [6.45, 7) is 3.87. The van der Waals surface area contributed by atoms with Crippen LogP contribution in [0, 0.1) is 0 Å². The van der Waals surface area contributed by atoms with Gasteiger partial charge in [-0.2, -0.15) is 0 Å². The maximum atomic E-state index is 12.0. The van der Waals surface area contributed by atoms with Gasteiger partial charge in [-0.05, 0) is 18.2 Å². The second-order valence-corrected chi connectivity index (χ2v) is 5.01. The first kappa shape index (κ1) is 14.3. The van der Waals surface area contributed by atoms with Crippen molar-refractivity contribution in [3.63, 3.8) is 0 Å². The van der Waals surface area contributed by atoms with Crippen LogP contribution < -0.4 is 5.32 Å². The van der Waals surface area contributed by atoms with E-state index in [-0.39, 0.29) is 11.6 Å². The van der Waals surface area contributed by atoms with Crippen molar-refractivity contribution in [3.8, 4) is 0 Å². The molecular weight excluding hydrogens is 280 g/mol. The van der Waals surface area contributed by atoms with Crippen molar-refractivity contribution in [2.45, 2.75) is 19.8 Å². The van der Waals surface area contributed by atoms with Gasteiger partial charge in [0.25, 0.3) is 5.91 Å². The van der Waals surface area contributed by atoms with E-state index in [1.54, 1.807) is 12.1 Å². The molecule has 0 atom stereocenters. The Morgan fingerprint density at radius 1 is 1.40 bits per heavy atom. The Labute approximate surface area is 120 Å². The molecule has 1 aromatic carbocycles. The molecular formula is C14H13ClN2O3. The summed E-state index contributed by atoms with van der Waals surface area (Å²) in [5, 5.41) is 6.72. The van der Waals surface area contributed by atoms with Crippen molar-refractivity contribution < 1.29 is 14.1 Å². The molecule has 0 aliphatic rings. The van der Waals surface area contributed by atoms with Crippen LogP contribution in [0.1, 0.15) is 46.4 Å². The minimum absolute atomic E-state index is 0.140. The largest absolute Gasteiger partial charge is 0.360 e. The number of carbonyl (C=O) groups is 2. The van der Waals surface area contributed by atoms with Crippen LogP contribution in [0.15, 0.2) is 28.8 Å². The van der Waals surface area contributed by atoms with E-state index in [4.69, 9.17) is 16.1 Å².